The minimum Gasteiger partial charge on any atom is -0.205 e. The maximum Gasteiger partial charge on any atom is 0.263 e. The van der Waals surface area contributed by atoms with Crippen molar-refractivity contribution in [3.05, 3.63) is 35.4 Å². The van der Waals surface area contributed by atoms with Crippen molar-refractivity contribution in [3.8, 4) is 0 Å². The molecule has 28 heavy (non-hydrogen) atoms. The number of hydrogen-bond donors (Lipinski definition) is 0. The normalized spacial score (nSPS) is 28.6. The Morgan fingerprint density at radius 1 is 0.821 bits per heavy atom. The van der Waals surface area contributed by atoms with Crippen LogP contribution in [0.25, 0.3) is 0 Å². The van der Waals surface area contributed by atoms with Gasteiger partial charge in [0.15, 0.2) is 0 Å². The Morgan fingerprint density at radius 2 is 1.54 bits per heavy atom. The molecule has 0 saturated heterocycles. The second kappa shape index (κ2) is 11.3. The summed E-state index contributed by atoms with van der Waals surface area (Å²) in [5, 5.41) is 0. The van der Waals surface area contributed by atoms with Crippen LogP contribution in [0.4, 0.5) is 8.78 Å². The van der Waals surface area contributed by atoms with Crippen molar-refractivity contribution in [3.63, 3.8) is 0 Å². The highest BCUT2D eigenvalue weighted by atomic mass is 19.3. The van der Waals surface area contributed by atoms with Gasteiger partial charge in [0.25, 0.3) is 6.43 Å². The Labute approximate surface area is 171 Å². The third-order valence-corrected chi connectivity index (χ3v) is 7.65. The van der Waals surface area contributed by atoms with Gasteiger partial charge in [0.05, 0.1) is 0 Å². The number of benzene rings is 1. The number of hydrogen-bond acceptors (Lipinski definition) is 0. The first-order chi connectivity index (χ1) is 13.7. The zero-order chi connectivity index (χ0) is 19.8. The van der Waals surface area contributed by atoms with Gasteiger partial charge in [-0.05, 0) is 54.9 Å². The summed E-state index contributed by atoms with van der Waals surface area (Å²) >= 11 is 0. The summed E-state index contributed by atoms with van der Waals surface area (Å²) in [4.78, 5) is 0. The summed E-state index contributed by atoms with van der Waals surface area (Å²) in [5.74, 6) is 3.35. The average Bonchev–Trinajstić information content (AvgIpc) is 2.74. The van der Waals surface area contributed by atoms with Crippen molar-refractivity contribution in [1.29, 1.82) is 0 Å². The largest absolute Gasteiger partial charge is 0.263 e. The molecule has 0 amide bonds. The molecule has 0 radical (unpaired) electrons. The summed E-state index contributed by atoms with van der Waals surface area (Å²) in [5.41, 5.74) is 1.44. The van der Waals surface area contributed by atoms with Crippen molar-refractivity contribution in [2.24, 2.45) is 17.8 Å². The van der Waals surface area contributed by atoms with Crippen molar-refractivity contribution in [2.45, 2.75) is 109 Å². The number of alkyl halides is 2. The molecule has 2 aliphatic carbocycles. The van der Waals surface area contributed by atoms with E-state index in [0.29, 0.717) is 5.92 Å². The molecule has 0 spiro atoms. The van der Waals surface area contributed by atoms with E-state index in [2.05, 4.69) is 6.92 Å². The van der Waals surface area contributed by atoms with Gasteiger partial charge in [-0.15, -0.1) is 0 Å². The predicted molar refractivity (Wildman–Crippen MR) is 115 cm³/mol. The third-order valence-electron chi connectivity index (χ3n) is 7.65. The summed E-state index contributed by atoms with van der Waals surface area (Å²) in [7, 11) is 0. The molecule has 2 fully saturated rings. The fourth-order valence-electron chi connectivity index (χ4n) is 5.86. The van der Waals surface area contributed by atoms with E-state index < -0.39 is 6.43 Å². The van der Waals surface area contributed by atoms with E-state index in [9.17, 15) is 8.78 Å². The maximum atomic E-state index is 12.8. The van der Waals surface area contributed by atoms with E-state index in [1.54, 1.807) is 12.1 Å². The zero-order valence-electron chi connectivity index (χ0n) is 17.9. The predicted octanol–water partition coefficient (Wildman–Crippen LogP) is 9.06. The molecule has 2 saturated carbocycles. The van der Waals surface area contributed by atoms with E-state index >= 15 is 0 Å². The fraction of sp³-hybridized carbons (Fsp3) is 0.769. The van der Waals surface area contributed by atoms with Gasteiger partial charge in [-0.2, -0.15) is 0 Å². The van der Waals surface area contributed by atoms with Gasteiger partial charge >= 0.3 is 0 Å². The van der Waals surface area contributed by atoms with Crippen LogP contribution in [0.3, 0.4) is 0 Å². The standard InChI is InChI=1S/C26H40F2/c1-2-3-4-5-6-8-20-11-13-21(14-12-20)24-9-7-10-25(19-24)22-15-17-23(18-16-22)26(27)28/h15-18,20-21,24-26H,2-14,19H2,1H3/t20?,21?,24-,25-/m0/s1. The molecule has 1 aromatic carbocycles. The molecule has 0 bridgehead atoms. The number of rotatable bonds is 9. The first kappa shape index (κ1) is 21.8. The molecule has 0 aliphatic heterocycles. The van der Waals surface area contributed by atoms with Crippen LogP contribution >= 0.6 is 0 Å². The summed E-state index contributed by atoms with van der Waals surface area (Å²) < 4.78 is 25.6. The third kappa shape index (κ3) is 6.29. The fourth-order valence-corrected chi connectivity index (χ4v) is 5.86. The summed E-state index contributed by atoms with van der Waals surface area (Å²) in [6.07, 6.45) is 17.1. The molecule has 0 nitrogen and oxygen atoms in total. The molecule has 0 unspecified atom stereocenters. The van der Waals surface area contributed by atoms with Gasteiger partial charge in [0, 0.05) is 5.56 Å². The van der Waals surface area contributed by atoms with Crippen LogP contribution in [0.5, 0.6) is 0 Å². The van der Waals surface area contributed by atoms with Gasteiger partial charge in [-0.1, -0.05) is 95.4 Å². The molecule has 3 rings (SSSR count). The highest BCUT2D eigenvalue weighted by Gasteiger charge is 2.31. The molecule has 0 N–H and O–H groups in total. The molecule has 2 aliphatic rings. The zero-order valence-corrected chi connectivity index (χ0v) is 17.9. The molecule has 158 valence electrons. The first-order valence-corrected chi connectivity index (χ1v) is 12.0. The van der Waals surface area contributed by atoms with Gasteiger partial charge < -0.3 is 0 Å². The highest BCUT2D eigenvalue weighted by Crippen LogP contribution is 2.45. The van der Waals surface area contributed by atoms with Crippen LogP contribution in [-0.2, 0) is 0 Å². The van der Waals surface area contributed by atoms with Gasteiger partial charge in [0.2, 0.25) is 0 Å². The average molecular weight is 391 g/mol. The van der Waals surface area contributed by atoms with E-state index in [1.165, 1.54) is 95.5 Å². The Hall–Kier alpha value is -0.920. The Bertz CT molecular complexity index is 542. The van der Waals surface area contributed by atoms with Crippen molar-refractivity contribution >= 4 is 0 Å². The molecule has 1 aromatic rings. The molecule has 0 aromatic heterocycles. The smallest absolute Gasteiger partial charge is 0.205 e. The van der Waals surface area contributed by atoms with Gasteiger partial charge in [-0.25, -0.2) is 8.78 Å². The molecule has 2 heteroatoms. The minimum atomic E-state index is -2.35. The summed E-state index contributed by atoms with van der Waals surface area (Å²) in [6.45, 7) is 2.29. The lowest BCUT2D eigenvalue weighted by Crippen LogP contribution is -2.26. The molecule has 0 heterocycles. The van der Waals surface area contributed by atoms with Crippen molar-refractivity contribution in [2.75, 3.05) is 0 Å². The lowest BCUT2D eigenvalue weighted by Gasteiger charge is -2.38. The Balaban J connectivity index is 1.42. The van der Waals surface area contributed by atoms with Gasteiger partial charge in [-0.3, -0.25) is 0 Å². The quantitative estimate of drug-likeness (QED) is 0.369. The van der Waals surface area contributed by atoms with E-state index in [4.69, 9.17) is 0 Å². The monoisotopic (exact) mass is 390 g/mol. The Morgan fingerprint density at radius 3 is 2.21 bits per heavy atom. The maximum absolute atomic E-state index is 12.8. The minimum absolute atomic E-state index is 0.157. The second-order valence-corrected chi connectivity index (χ2v) is 9.57. The van der Waals surface area contributed by atoms with Crippen LogP contribution in [0.2, 0.25) is 0 Å². The summed E-state index contributed by atoms with van der Waals surface area (Å²) in [6, 6.07) is 7.19. The first-order valence-electron chi connectivity index (χ1n) is 12.0. The van der Waals surface area contributed by atoms with E-state index in [0.717, 1.165) is 17.8 Å². The Kier molecular flexibility index (Phi) is 8.80. The van der Waals surface area contributed by atoms with E-state index in [1.807, 2.05) is 12.1 Å². The topological polar surface area (TPSA) is 0 Å². The molecular formula is C26H40F2. The van der Waals surface area contributed by atoms with Crippen LogP contribution in [-0.4, -0.2) is 0 Å². The lowest BCUT2D eigenvalue weighted by atomic mass is 9.67. The second-order valence-electron chi connectivity index (χ2n) is 9.57. The van der Waals surface area contributed by atoms with Crippen LogP contribution < -0.4 is 0 Å². The SMILES string of the molecule is CCCCCCCC1CCC([C@H]2CCC[C@H](c3ccc(C(F)F)cc3)C2)CC1. The van der Waals surface area contributed by atoms with Crippen LogP contribution in [0.1, 0.15) is 120 Å². The van der Waals surface area contributed by atoms with Crippen LogP contribution in [0, 0.1) is 17.8 Å². The van der Waals surface area contributed by atoms with Crippen molar-refractivity contribution < 1.29 is 8.78 Å². The number of unbranched alkanes of at least 4 members (excludes halogenated alkanes) is 4. The highest BCUT2D eigenvalue weighted by molar-refractivity contribution is 5.26. The lowest BCUT2D eigenvalue weighted by molar-refractivity contribution is 0.150. The van der Waals surface area contributed by atoms with Crippen LogP contribution in [0.15, 0.2) is 24.3 Å². The van der Waals surface area contributed by atoms with Crippen molar-refractivity contribution in [1.82, 2.24) is 0 Å². The molecule has 2 atom stereocenters. The molecular weight excluding hydrogens is 350 g/mol. The van der Waals surface area contributed by atoms with E-state index in [-0.39, 0.29) is 5.56 Å². The van der Waals surface area contributed by atoms with Gasteiger partial charge in [0.1, 0.15) is 0 Å². The number of halogens is 2.